The SMILES string of the molecule is C=C1C[C@H](CCCCC)O[C@H](c2ccccc2)C1. The van der Waals surface area contributed by atoms with Crippen LogP contribution in [0.15, 0.2) is 42.5 Å². The molecule has 0 aliphatic carbocycles. The van der Waals surface area contributed by atoms with E-state index in [9.17, 15) is 0 Å². The second-order valence-electron chi connectivity index (χ2n) is 5.31. The van der Waals surface area contributed by atoms with Gasteiger partial charge in [-0.25, -0.2) is 0 Å². The fourth-order valence-electron chi connectivity index (χ4n) is 2.65. The Morgan fingerprint density at radius 1 is 1.17 bits per heavy atom. The van der Waals surface area contributed by atoms with Gasteiger partial charge in [-0.1, -0.05) is 68.7 Å². The van der Waals surface area contributed by atoms with Crippen molar-refractivity contribution in [2.45, 2.75) is 57.7 Å². The molecule has 1 fully saturated rings. The second-order valence-corrected chi connectivity index (χ2v) is 5.31. The lowest BCUT2D eigenvalue weighted by molar-refractivity contribution is -0.0373. The molecule has 1 heterocycles. The Hall–Kier alpha value is -1.08. The first kappa shape index (κ1) is 13.4. The first-order valence-corrected chi connectivity index (χ1v) is 7.16. The van der Waals surface area contributed by atoms with E-state index in [1.165, 1.54) is 36.8 Å². The monoisotopic (exact) mass is 244 g/mol. The zero-order chi connectivity index (χ0) is 12.8. The molecule has 2 atom stereocenters. The van der Waals surface area contributed by atoms with Gasteiger partial charge in [-0.2, -0.15) is 0 Å². The summed E-state index contributed by atoms with van der Waals surface area (Å²) in [6.07, 6.45) is 7.66. The number of hydrogen-bond donors (Lipinski definition) is 0. The van der Waals surface area contributed by atoms with Gasteiger partial charge in [0, 0.05) is 0 Å². The van der Waals surface area contributed by atoms with Gasteiger partial charge in [0.25, 0.3) is 0 Å². The molecule has 0 N–H and O–H groups in total. The first-order valence-electron chi connectivity index (χ1n) is 7.16. The molecular formula is C17H24O. The quantitative estimate of drug-likeness (QED) is 0.520. The van der Waals surface area contributed by atoms with Gasteiger partial charge in [0.1, 0.15) is 0 Å². The molecule has 0 saturated carbocycles. The van der Waals surface area contributed by atoms with Crippen molar-refractivity contribution in [2.75, 3.05) is 0 Å². The molecule has 2 rings (SSSR count). The van der Waals surface area contributed by atoms with Gasteiger partial charge in [-0.3, -0.25) is 0 Å². The molecule has 0 radical (unpaired) electrons. The smallest absolute Gasteiger partial charge is 0.0865 e. The van der Waals surface area contributed by atoms with Gasteiger partial charge < -0.3 is 4.74 Å². The molecule has 0 bridgehead atoms. The molecule has 1 aromatic carbocycles. The van der Waals surface area contributed by atoms with E-state index >= 15 is 0 Å². The summed E-state index contributed by atoms with van der Waals surface area (Å²) in [4.78, 5) is 0. The van der Waals surface area contributed by atoms with Crippen LogP contribution in [0.2, 0.25) is 0 Å². The average molecular weight is 244 g/mol. The summed E-state index contributed by atoms with van der Waals surface area (Å²) >= 11 is 0. The number of hydrogen-bond acceptors (Lipinski definition) is 1. The summed E-state index contributed by atoms with van der Waals surface area (Å²) in [5, 5.41) is 0. The summed E-state index contributed by atoms with van der Waals surface area (Å²) in [5.74, 6) is 0. The van der Waals surface area contributed by atoms with Crippen LogP contribution in [-0.2, 0) is 4.74 Å². The minimum atomic E-state index is 0.221. The van der Waals surface area contributed by atoms with Crippen LogP contribution < -0.4 is 0 Å². The van der Waals surface area contributed by atoms with E-state index in [0.717, 1.165) is 12.8 Å². The van der Waals surface area contributed by atoms with E-state index in [1.54, 1.807) is 0 Å². The molecule has 1 saturated heterocycles. The minimum Gasteiger partial charge on any atom is -0.370 e. The Bertz CT molecular complexity index is 368. The highest BCUT2D eigenvalue weighted by Gasteiger charge is 2.25. The molecule has 1 aromatic rings. The molecule has 18 heavy (non-hydrogen) atoms. The van der Waals surface area contributed by atoms with E-state index in [1.807, 2.05) is 0 Å². The van der Waals surface area contributed by atoms with Crippen molar-refractivity contribution in [3.63, 3.8) is 0 Å². The number of ether oxygens (including phenoxy) is 1. The minimum absolute atomic E-state index is 0.221. The summed E-state index contributed by atoms with van der Waals surface area (Å²) < 4.78 is 6.23. The molecule has 0 unspecified atom stereocenters. The Morgan fingerprint density at radius 3 is 2.67 bits per heavy atom. The highest BCUT2D eigenvalue weighted by atomic mass is 16.5. The third-order valence-corrected chi connectivity index (χ3v) is 3.65. The van der Waals surface area contributed by atoms with Crippen LogP contribution in [0.4, 0.5) is 0 Å². The van der Waals surface area contributed by atoms with Crippen molar-refractivity contribution in [3.8, 4) is 0 Å². The van der Waals surface area contributed by atoms with Gasteiger partial charge in [-0.05, 0) is 24.8 Å². The van der Waals surface area contributed by atoms with Gasteiger partial charge >= 0.3 is 0 Å². The van der Waals surface area contributed by atoms with Crippen molar-refractivity contribution in [2.24, 2.45) is 0 Å². The van der Waals surface area contributed by atoms with Crippen LogP contribution in [0.1, 0.15) is 57.1 Å². The van der Waals surface area contributed by atoms with Crippen LogP contribution in [-0.4, -0.2) is 6.10 Å². The Morgan fingerprint density at radius 2 is 1.94 bits per heavy atom. The molecular weight excluding hydrogens is 220 g/mol. The van der Waals surface area contributed by atoms with Crippen molar-refractivity contribution >= 4 is 0 Å². The largest absolute Gasteiger partial charge is 0.370 e. The van der Waals surface area contributed by atoms with Crippen molar-refractivity contribution < 1.29 is 4.74 Å². The van der Waals surface area contributed by atoms with Crippen molar-refractivity contribution in [1.29, 1.82) is 0 Å². The van der Waals surface area contributed by atoms with Crippen molar-refractivity contribution in [3.05, 3.63) is 48.0 Å². The highest BCUT2D eigenvalue weighted by molar-refractivity contribution is 5.20. The van der Waals surface area contributed by atoms with Crippen LogP contribution in [0, 0.1) is 0 Å². The predicted octanol–water partition coefficient (Wildman–Crippen LogP) is 5.04. The standard InChI is InChI=1S/C17H24O/c1-3-4-6-11-16-12-14(2)13-17(18-16)15-9-7-5-8-10-15/h5,7-10,16-17H,2-4,6,11-13H2,1H3/t16-,17-/m0/s1. The molecule has 0 spiro atoms. The maximum absolute atomic E-state index is 6.23. The molecule has 0 amide bonds. The number of rotatable bonds is 5. The lowest BCUT2D eigenvalue weighted by Crippen LogP contribution is -2.23. The lowest BCUT2D eigenvalue weighted by Gasteiger charge is -2.32. The van der Waals surface area contributed by atoms with E-state index < -0.39 is 0 Å². The highest BCUT2D eigenvalue weighted by Crippen LogP contribution is 2.35. The third-order valence-electron chi connectivity index (χ3n) is 3.65. The molecule has 98 valence electrons. The third kappa shape index (κ3) is 3.71. The van der Waals surface area contributed by atoms with Crippen LogP contribution in [0.5, 0.6) is 0 Å². The topological polar surface area (TPSA) is 9.23 Å². The van der Waals surface area contributed by atoms with Gasteiger partial charge in [0.15, 0.2) is 0 Å². The van der Waals surface area contributed by atoms with E-state index in [2.05, 4.69) is 43.8 Å². The first-order chi connectivity index (χ1) is 8.79. The zero-order valence-electron chi connectivity index (χ0n) is 11.4. The van der Waals surface area contributed by atoms with E-state index in [0.29, 0.717) is 6.10 Å². The molecule has 1 aliphatic rings. The fraction of sp³-hybridized carbons (Fsp3) is 0.529. The van der Waals surface area contributed by atoms with Gasteiger partial charge in [-0.15, -0.1) is 0 Å². The Kier molecular flexibility index (Phi) is 5.00. The maximum atomic E-state index is 6.23. The Labute approximate surface area is 111 Å². The van der Waals surface area contributed by atoms with Crippen molar-refractivity contribution in [1.82, 2.24) is 0 Å². The average Bonchev–Trinajstić information content (AvgIpc) is 2.39. The fourth-order valence-corrected chi connectivity index (χ4v) is 2.65. The predicted molar refractivity (Wildman–Crippen MR) is 76.6 cm³/mol. The molecule has 1 aliphatic heterocycles. The summed E-state index contributed by atoms with van der Waals surface area (Å²) in [5.41, 5.74) is 2.63. The normalized spacial score (nSPS) is 24.2. The van der Waals surface area contributed by atoms with Gasteiger partial charge in [0.05, 0.1) is 12.2 Å². The zero-order valence-corrected chi connectivity index (χ0v) is 11.4. The maximum Gasteiger partial charge on any atom is 0.0865 e. The molecule has 0 aromatic heterocycles. The number of unbranched alkanes of at least 4 members (excludes halogenated alkanes) is 2. The summed E-state index contributed by atoms with van der Waals surface area (Å²) in [6.45, 7) is 6.43. The van der Waals surface area contributed by atoms with Crippen LogP contribution in [0.25, 0.3) is 0 Å². The van der Waals surface area contributed by atoms with Gasteiger partial charge in [0.2, 0.25) is 0 Å². The van der Waals surface area contributed by atoms with Crippen LogP contribution in [0.3, 0.4) is 0 Å². The van der Waals surface area contributed by atoms with Crippen LogP contribution >= 0.6 is 0 Å². The summed E-state index contributed by atoms with van der Waals surface area (Å²) in [6, 6.07) is 10.5. The summed E-state index contributed by atoms with van der Waals surface area (Å²) in [7, 11) is 0. The molecule has 1 nitrogen and oxygen atoms in total. The Balaban J connectivity index is 1.94. The second kappa shape index (κ2) is 6.75. The molecule has 1 heteroatoms. The lowest BCUT2D eigenvalue weighted by atomic mass is 9.93. The van der Waals surface area contributed by atoms with E-state index in [-0.39, 0.29) is 6.10 Å². The number of benzene rings is 1. The van der Waals surface area contributed by atoms with E-state index in [4.69, 9.17) is 4.74 Å².